The average molecular weight is 278 g/mol. The molecule has 3 aliphatic rings. The summed E-state index contributed by atoms with van der Waals surface area (Å²) < 4.78 is 0. The van der Waals surface area contributed by atoms with E-state index >= 15 is 0 Å². The number of hydrogen-bond donors (Lipinski definition) is 1. The summed E-state index contributed by atoms with van der Waals surface area (Å²) in [6.45, 7) is 8.32. The van der Waals surface area contributed by atoms with Crippen molar-refractivity contribution in [3.63, 3.8) is 0 Å². The van der Waals surface area contributed by atoms with Crippen LogP contribution in [0.3, 0.4) is 0 Å². The molecule has 116 valence electrons. The second-order valence-corrected chi connectivity index (χ2v) is 8.31. The van der Waals surface area contributed by atoms with E-state index < -0.39 is 0 Å². The fourth-order valence-corrected chi connectivity index (χ4v) is 5.15. The molecule has 20 heavy (non-hydrogen) atoms. The summed E-state index contributed by atoms with van der Waals surface area (Å²) in [6, 6.07) is 3.48. The van der Waals surface area contributed by atoms with Crippen molar-refractivity contribution in [3.8, 4) is 0 Å². The van der Waals surface area contributed by atoms with Crippen molar-refractivity contribution in [1.29, 1.82) is 0 Å². The Labute approximate surface area is 125 Å². The maximum Gasteiger partial charge on any atom is 0.0116 e. The van der Waals surface area contributed by atoms with Crippen LogP contribution < -0.4 is 5.32 Å². The maximum absolute atomic E-state index is 3.72. The summed E-state index contributed by atoms with van der Waals surface area (Å²) in [5.74, 6) is 0. The van der Waals surface area contributed by atoms with Crippen LogP contribution in [-0.2, 0) is 0 Å². The van der Waals surface area contributed by atoms with Crippen LogP contribution in [0.2, 0.25) is 0 Å². The van der Waals surface area contributed by atoms with Crippen LogP contribution >= 0.6 is 0 Å². The molecule has 2 saturated heterocycles. The van der Waals surface area contributed by atoms with Gasteiger partial charge in [-0.15, -0.1) is 0 Å². The molecule has 3 fully saturated rings. The van der Waals surface area contributed by atoms with Crippen LogP contribution in [0.4, 0.5) is 0 Å². The molecule has 0 aromatic rings. The molecule has 2 heteroatoms. The highest BCUT2D eigenvalue weighted by Crippen LogP contribution is 2.42. The Balaban J connectivity index is 1.65. The van der Waals surface area contributed by atoms with Gasteiger partial charge in [-0.2, -0.15) is 0 Å². The molecule has 2 heterocycles. The minimum absolute atomic E-state index is 0.605. The van der Waals surface area contributed by atoms with E-state index in [1.807, 2.05) is 0 Å². The normalized spacial score (nSPS) is 38.9. The van der Waals surface area contributed by atoms with Gasteiger partial charge in [0.25, 0.3) is 0 Å². The fraction of sp³-hybridized carbons (Fsp3) is 1.00. The van der Waals surface area contributed by atoms with Gasteiger partial charge in [0.15, 0.2) is 0 Å². The highest BCUT2D eigenvalue weighted by atomic mass is 15.2. The second-order valence-electron chi connectivity index (χ2n) is 8.31. The van der Waals surface area contributed by atoms with E-state index in [4.69, 9.17) is 0 Å². The Bertz CT molecular complexity index is 301. The average Bonchev–Trinajstić information content (AvgIpc) is 2.38. The summed E-state index contributed by atoms with van der Waals surface area (Å²) in [6.07, 6.45) is 13.0. The van der Waals surface area contributed by atoms with E-state index in [1.54, 1.807) is 0 Å². The first-order chi connectivity index (χ1) is 9.59. The molecule has 0 aromatic heterocycles. The largest absolute Gasteiger partial charge is 0.314 e. The third kappa shape index (κ3) is 3.06. The molecule has 2 unspecified atom stereocenters. The van der Waals surface area contributed by atoms with Gasteiger partial charge in [0.2, 0.25) is 0 Å². The number of nitrogens with zero attached hydrogens (tertiary/aromatic N) is 1. The van der Waals surface area contributed by atoms with E-state index in [0.717, 1.165) is 30.7 Å². The molecule has 1 saturated carbocycles. The Morgan fingerprint density at radius 3 is 2.10 bits per heavy atom. The Morgan fingerprint density at radius 1 is 0.950 bits per heavy atom. The number of fused-ring (bicyclic) bond motifs is 2. The van der Waals surface area contributed by atoms with Gasteiger partial charge in [0.05, 0.1) is 0 Å². The molecule has 2 bridgehead atoms. The summed E-state index contributed by atoms with van der Waals surface area (Å²) >= 11 is 0. The monoisotopic (exact) mass is 278 g/mol. The van der Waals surface area contributed by atoms with Gasteiger partial charge in [-0.1, -0.05) is 27.2 Å². The van der Waals surface area contributed by atoms with Gasteiger partial charge >= 0.3 is 0 Å². The van der Waals surface area contributed by atoms with Gasteiger partial charge in [0.1, 0.15) is 0 Å². The Morgan fingerprint density at radius 2 is 1.55 bits per heavy atom. The third-order valence-electron chi connectivity index (χ3n) is 6.25. The van der Waals surface area contributed by atoms with Crippen molar-refractivity contribution >= 4 is 0 Å². The van der Waals surface area contributed by atoms with Gasteiger partial charge in [0, 0.05) is 24.2 Å². The number of hydrogen-bond acceptors (Lipinski definition) is 2. The van der Waals surface area contributed by atoms with E-state index in [2.05, 4.69) is 31.0 Å². The summed E-state index contributed by atoms with van der Waals surface area (Å²) in [5.41, 5.74) is 0.605. The first-order valence-corrected chi connectivity index (χ1v) is 9.10. The predicted octanol–water partition coefficient (Wildman–Crippen LogP) is 3.95. The first-order valence-electron chi connectivity index (χ1n) is 9.10. The van der Waals surface area contributed by atoms with Gasteiger partial charge in [-0.05, 0) is 63.3 Å². The molecule has 0 amide bonds. The standard InChI is InChI=1S/C18H34N2/c1-4-19-14-12-16-6-5-7-17(13-14)20(16)15-8-10-18(2,3)11-9-15/h14-17,19H,4-13H2,1-3H3. The van der Waals surface area contributed by atoms with Crippen molar-refractivity contribution in [2.24, 2.45) is 5.41 Å². The summed E-state index contributed by atoms with van der Waals surface area (Å²) in [4.78, 5) is 2.99. The van der Waals surface area contributed by atoms with Crippen LogP contribution in [0.5, 0.6) is 0 Å². The zero-order valence-corrected chi connectivity index (χ0v) is 13.8. The lowest BCUT2D eigenvalue weighted by Gasteiger charge is -2.54. The van der Waals surface area contributed by atoms with Crippen molar-refractivity contribution in [2.75, 3.05) is 6.54 Å². The molecular weight excluding hydrogens is 244 g/mol. The molecule has 2 atom stereocenters. The highest BCUT2D eigenvalue weighted by molar-refractivity contribution is 4.99. The van der Waals surface area contributed by atoms with E-state index in [0.29, 0.717) is 5.41 Å². The number of rotatable bonds is 3. The highest BCUT2D eigenvalue weighted by Gasteiger charge is 2.42. The van der Waals surface area contributed by atoms with Crippen molar-refractivity contribution in [3.05, 3.63) is 0 Å². The van der Waals surface area contributed by atoms with Crippen LogP contribution in [0.1, 0.15) is 78.6 Å². The van der Waals surface area contributed by atoms with E-state index in [1.165, 1.54) is 57.8 Å². The molecule has 1 aliphatic carbocycles. The molecular formula is C18H34N2. The lowest BCUT2D eigenvalue weighted by molar-refractivity contribution is -0.0323. The number of nitrogens with one attached hydrogen (secondary N) is 1. The minimum Gasteiger partial charge on any atom is -0.314 e. The molecule has 0 radical (unpaired) electrons. The van der Waals surface area contributed by atoms with Crippen LogP contribution in [0, 0.1) is 5.41 Å². The topological polar surface area (TPSA) is 15.3 Å². The molecule has 1 N–H and O–H groups in total. The van der Waals surface area contributed by atoms with Crippen LogP contribution in [0.15, 0.2) is 0 Å². The van der Waals surface area contributed by atoms with Crippen molar-refractivity contribution < 1.29 is 0 Å². The first kappa shape index (κ1) is 14.8. The van der Waals surface area contributed by atoms with E-state index in [9.17, 15) is 0 Å². The lowest BCUT2D eigenvalue weighted by atomic mass is 9.72. The SMILES string of the molecule is CCNC1CC2CCCC(C1)N2C1CCC(C)(C)CC1. The Kier molecular flexibility index (Phi) is 4.42. The lowest BCUT2D eigenvalue weighted by Crippen LogP contribution is -2.60. The molecule has 0 spiro atoms. The number of piperidine rings is 2. The molecule has 2 aliphatic heterocycles. The smallest absolute Gasteiger partial charge is 0.0116 e. The van der Waals surface area contributed by atoms with Crippen molar-refractivity contribution in [2.45, 2.75) is 103 Å². The van der Waals surface area contributed by atoms with Gasteiger partial charge in [-0.3, -0.25) is 4.90 Å². The van der Waals surface area contributed by atoms with Crippen LogP contribution in [0.25, 0.3) is 0 Å². The maximum atomic E-state index is 3.72. The second kappa shape index (κ2) is 5.96. The van der Waals surface area contributed by atoms with Crippen LogP contribution in [-0.4, -0.2) is 35.6 Å². The predicted molar refractivity (Wildman–Crippen MR) is 86.0 cm³/mol. The van der Waals surface area contributed by atoms with E-state index in [-0.39, 0.29) is 0 Å². The zero-order chi connectivity index (χ0) is 14.2. The quantitative estimate of drug-likeness (QED) is 0.841. The molecule has 0 aromatic carbocycles. The minimum atomic E-state index is 0.605. The van der Waals surface area contributed by atoms with Gasteiger partial charge in [-0.25, -0.2) is 0 Å². The summed E-state index contributed by atoms with van der Waals surface area (Å²) in [7, 11) is 0. The molecule has 2 nitrogen and oxygen atoms in total. The summed E-state index contributed by atoms with van der Waals surface area (Å²) in [5, 5.41) is 3.72. The zero-order valence-electron chi connectivity index (χ0n) is 13.8. The fourth-order valence-electron chi connectivity index (χ4n) is 5.15. The van der Waals surface area contributed by atoms with Crippen molar-refractivity contribution in [1.82, 2.24) is 10.2 Å². The molecule has 3 rings (SSSR count). The van der Waals surface area contributed by atoms with Gasteiger partial charge < -0.3 is 5.32 Å². The third-order valence-corrected chi connectivity index (χ3v) is 6.25. The Hall–Kier alpha value is -0.0800.